The first kappa shape index (κ1) is 22.6. The van der Waals surface area contributed by atoms with Crippen molar-refractivity contribution in [2.45, 2.75) is 44.4 Å². The van der Waals surface area contributed by atoms with Crippen LogP contribution in [-0.4, -0.2) is 57.0 Å². The highest BCUT2D eigenvalue weighted by Gasteiger charge is 2.22. The summed E-state index contributed by atoms with van der Waals surface area (Å²) < 4.78 is 7.56. The molecule has 1 aliphatic rings. The highest BCUT2D eigenvalue weighted by atomic mass is 32.2. The van der Waals surface area contributed by atoms with Gasteiger partial charge in [-0.3, -0.25) is 9.36 Å². The van der Waals surface area contributed by atoms with Crippen molar-refractivity contribution in [2.75, 3.05) is 25.4 Å². The van der Waals surface area contributed by atoms with E-state index < -0.39 is 0 Å². The van der Waals surface area contributed by atoms with Crippen molar-refractivity contribution in [1.82, 2.24) is 25.0 Å². The van der Waals surface area contributed by atoms with Crippen LogP contribution in [0.3, 0.4) is 0 Å². The zero-order valence-electron chi connectivity index (χ0n) is 18.7. The van der Waals surface area contributed by atoms with Crippen LogP contribution in [0.4, 0.5) is 0 Å². The highest BCUT2D eigenvalue weighted by molar-refractivity contribution is 7.99. The normalized spacial score (nSPS) is 15.3. The number of hydrogen-bond acceptors (Lipinski definition) is 6. The van der Waals surface area contributed by atoms with Gasteiger partial charge in [-0.15, -0.1) is 10.2 Å². The highest BCUT2D eigenvalue weighted by Crippen LogP contribution is 2.25. The van der Waals surface area contributed by atoms with E-state index in [4.69, 9.17) is 4.42 Å². The molecule has 3 heterocycles. The van der Waals surface area contributed by atoms with Gasteiger partial charge in [0.1, 0.15) is 0 Å². The van der Waals surface area contributed by atoms with Gasteiger partial charge in [0.15, 0.2) is 10.9 Å². The molecule has 7 nitrogen and oxygen atoms in total. The van der Waals surface area contributed by atoms with Gasteiger partial charge >= 0.3 is 0 Å². The van der Waals surface area contributed by atoms with Crippen LogP contribution in [0, 0.1) is 5.92 Å². The van der Waals surface area contributed by atoms with Gasteiger partial charge in [0, 0.05) is 25.7 Å². The van der Waals surface area contributed by atoms with Crippen LogP contribution >= 0.6 is 11.8 Å². The smallest absolute Gasteiger partial charge is 0.230 e. The molecule has 1 aromatic carbocycles. The minimum atomic E-state index is 0.0473. The Kier molecular flexibility index (Phi) is 7.65. The Morgan fingerprint density at radius 3 is 2.62 bits per heavy atom. The van der Waals surface area contributed by atoms with Gasteiger partial charge < -0.3 is 14.6 Å². The summed E-state index contributed by atoms with van der Waals surface area (Å²) in [5.41, 5.74) is 1.14. The molecule has 0 atom stereocenters. The molecule has 0 spiro atoms. The molecular weight excluding hydrogens is 422 g/mol. The van der Waals surface area contributed by atoms with E-state index in [0.717, 1.165) is 38.0 Å². The molecule has 1 N–H and O–H groups in total. The first-order valence-electron chi connectivity index (χ1n) is 11.2. The van der Waals surface area contributed by atoms with Gasteiger partial charge in [0.05, 0.1) is 18.6 Å². The molecule has 3 aromatic rings. The number of likely N-dealkylation sites (tertiary alicyclic amines) is 1. The number of nitrogens with one attached hydrogen (secondary N) is 1. The van der Waals surface area contributed by atoms with Crippen LogP contribution < -0.4 is 5.32 Å². The first-order chi connectivity index (χ1) is 15.6. The van der Waals surface area contributed by atoms with Crippen LogP contribution in [0.25, 0.3) is 11.6 Å². The summed E-state index contributed by atoms with van der Waals surface area (Å²) >= 11 is 1.42. The molecule has 4 rings (SSSR count). The summed E-state index contributed by atoms with van der Waals surface area (Å²) in [5.74, 6) is 2.37. The Hall–Kier alpha value is -2.58. The number of amides is 1. The quantitative estimate of drug-likeness (QED) is 0.495. The molecule has 1 aliphatic heterocycles. The number of benzene rings is 1. The van der Waals surface area contributed by atoms with E-state index in [1.165, 1.54) is 11.8 Å². The summed E-state index contributed by atoms with van der Waals surface area (Å²) in [5, 5.41) is 12.6. The maximum Gasteiger partial charge on any atom is 0.230 e. The lowest BCUT2D eigenvalue weighted by molar-refractivity contribution is -0.119. The number of hydrogen-bond donors (Lipinski definition) is 1. The fourth-order valence-corrected chi connectivity index (χ4v) is 4.82. The van der Waals surface area contributed by atoms with E-state index >= 15 is 0 Å². The van der Waals surface area contributed by atoms with Gasteiger partial charge in [0.25, 0.3) is 0 Å². The van der Waals surface area contributed by atoms with E-state index in [2.05, 4.69) is 46.4 Å². The van der Waals surface area contributed by atoms with E-state index in [0.29, 0.717) is 35.0 Å². The van der Waals surface area contributed by atoms with Crippen LogP contribution in [0.1, 0.15) is 32.3 Å². The third-order valence-corrected chi connectivity index (χ3v) is 6.52. The maximum absolute atomic E-state index is 12.6. The Morgan fingerprint density at radius 2 is 1.94 bits per heavy atom. The average Bonchev–Trinajstić information content (AvgIpc) is 3.44. The van der Waals surface area contributed by atoms with Gasteiger partial charge in [-0.25, -0.2) is 0 Å². The predicted octanol–water partition coefficient (Wildman–Crippen LogP) is 3.92. The van der Waals surface area contributed by atoms with Gasteiger partial charge in [-0.05, 0) is 36.5 Å². The third-order valence-electron chi connectivity index (χ3n) is 5.55. The van der Waals surface area contributed by atoms with Crippen LogP contribution in [0.5, 0.6) is 0 Å². The Morgan fingerprint density at radius 1 is 1.16 bits per heavy atom. The number of furan rings is 1. The van der Waals surface area contributed by atoms with E-state index in [1.54, 1.807) is 6.26 Å². The number of rotatable bonds is 9. The monoisotopic (exact) mass is 453 g/mol. The minimum Gasteiger partial charge on any atom is -0.461 e. The molecule has 1 saturated heterocycles. The second kappa shape index (κ2) is 10.8. The second-order valence-electron chi connectivity index (χ2n) is 8.68. The topological polar surface area (TPSA) is 76.2 Å². The summed E-state index contributed by atoms with van der Waals surface area (Å²) in [4.78, 5) is 15.1. The van der Waals surface area contributed by atoms with Crippen molar-refractivity contribution in [2.24, 2.45) is 5.92 Å². The van der Waals surface area contributed by atoms with Crippen LogP contribution in [0.2, 0.25) is 0 Å². The molecule has 2 aromatic heterocycles. The lowest BCUT2D eigenvalue weighted by atomic mass is 10.0. The fourth-order valence-electron chi connectivity index (χ4n) is 4.07. The van der Waals surface area contributed by atoms with Gasteiger partial charge in [0.2, 0.25) is 11.7 Å². The Bertz CT molecular complexity index is 979. The molecular formula is C24H31N5O2S. The zero-order valence-corrected chi connectivity index (χ0v) is 19.6. The average molecular weight is 454 g/mol. The molecule has 1 amide bonds. The van der Waals surface area contributed by atoms with Crippen molar-refractivity contribution in [3.05, 3.63) is 54.3 Å². The van der Waals surface area contributed by atoms with E-state index in [-0.39, 0.29) is 11.9 Å². The number of carbonyl (C=O) groups is 1. The molecule has 8 heteroatoms. The fraction of sp³-hybridized carbons (Fsp3) is 0.458. The van der Waals surface area contributed by atoms with Crippen molar-refractivity contribution >= 4 is 17.7 Å². The lowest BCUT2D eigenvalue weighted by Gasteiger charge is -2.33. The minimum absolute atomic E-state index is 0.0473. The SMILES string of the molecule is CC(C)CN1CCC(NC(=O)CSc2nnc(-c3ccco3)n2Cc2ccccc2)CC1. The maximum atomic E-state index is 12.6. The number of thioether (sulfide) groups is 1. The molecule has 1 fully saturated rings. The zero-order chi connectivity index (χ0) is 22.3. The van der Waals surface area contributed by atoms with Crippen molar-refractivity contribution in [3.63, 3.8) is 0 Å². The lowest BCUT2D eigenvalue weighted by Crippen LogP contribution is -2.45. The number of piperidine rings is 1. The molecule has 0 radical (unpaired) electrons. The number of carbonyl (C=O) groups excluding carboxylic acids is 1. The van der Waals surface area contributed by atoms with Gasteiger partial charge in [-0.2, -0.15) is 0 Å². The van der Waals surface area contributed by atoms with E-state index in [9.17, 15) is 4.79 Å². The van der Waals surface area contributed by atoms with Gasteiger partial charge in [-0.1, -0.05) is 55.9 Å². The van der Waals surface area contributed by atoms with Crippen LogP contribution in [0.15, 0.2) is 58.3 Å². The molecule has 0 unspecified atom stereocenters. The summed E-state index contributed by atoms with van der Waals surface area (Å²) in [6.07, 6.45) is 3.65. The third kappa shape index (κ3) is 6.01. The number of nitrogens with zero attached hydrogens (tertiary/aromatic N) is 4. The van der Waals surface area contributed by atoms with Crippen molar-refractivity contribution in [1.29, 1.82) is 0 Å². The molecule has 0 aliphatic carbocycles. The standard InChI is InChI=1S/C24H31N5O2S/c1-18(2)15-28-12-10-20(11-13-28)25-22(30)17-32-24-27-26-23(21-9-6-14-31-21)29(24)16-19-7-4-3-5-8-19/h3-9,14,18,20H,10-13,15-17H2,1-2H3,(H,25,30). The second-order valence-corrected chi connectivity index (χ2v) is 9.62. The van der Waals surface area contributed by atoms with Crippen molar-refractivity contribution < 1.29 is 9.21 Å². The first-order valence-corrected chi connectivity index (χ1v) is 12.2. The van der Waals surface area contributed by atoms with E-state index in [1.807, 2.05) is 34.9 Å². The predicted molar refractivity (Wildman–Crippen MR) is 126 cm³/mol. The summed E-state index contributed by atoms with van der Waals surface area (Å²) in [6, 6.07) is 14.1. The Balaban J connectivity index is 1.36. The summed E-state index contributed by atoms with van der Waals surface area (Å²) in [6.45, 7) is 8.34. The molecule has 0 saturated carbocycles. The number of aromatic nitrogens is 3. The molecule has 0 bridgehead atoms. The van der Waals surface area contributed by atoms with Crippen LogP contribution in [-0.2, 0) is 11.3 Å². The Labute approximate surface area is 193 Å². The molecule has 170 valence electrons. The largest absolute Gasteiger partial charge is 0.461 e. The summed E-state index contributed by atoms with van der Waals surface area (Å²) in [7, 11) is 0. The molecule has 32 heavy (non-hydrogen) atoms. The van der Waals surface area contributed by atoms with Crippen molar-refractivity contribution in [3.8, 4) is 11.6 Å².